The number of non-ortho nitro benzene ring substituents is 1. The number of aromatic nitrogens is 2. The van der Waals surface area contributed by atoms with E-state index in [9.17, 15) is 14.9 Å². The number of rotatable bonds is 6. The van der Waals surface area contributed by atoms with Gasteiger partial charge in [-0.1, -0.05) is 36.4 Å². The molecule has 4 aromatic rings. The molecule has 0 bridgehead atoms. The van der Waals surface area contributed by atoms with E-state index in [-0.39, 0.29) is 11.2 Å². The summed E-state index contributed by atoms with van der Waals surface area (Å²) in [6, 6.07) is 19.3. The highest BCUT2D eigenvalue weighted by molar-refractivity contribution is 5.88. The Bertz CT molecular complexity index is 1330. The van der Waals surface area contributed by atoms with Crippen molar-refractivity contribution < 1.29 is 4.92 Å². The van der Waals surface area contributed by atoms with E-state index in [2.05, 4.69) is 15.3 Å². The average molecular weight is 413 g/mol. The summed E-state index contributed by atoms with van der Waals surface area (Å²) in [5, 5.41) is 14.1. The van der Waals surface area contributed by atoms with Crippen LogP contribution in [0.5, 0.6) is 0 Å². The molecule has 0 spiro atoms. The second-order valence-electron chi connectivity index (χ2n) is 6.93. The lowest BCUT2D eigenvalue weighted by Crippen LogP contribution is -2.23. The van der Waals surface area contributed by atoms with Crippen molar-refractivity contribution in [3.63, 3.8) is 0 Å². The van der Waals surface area contributed by atoms with Crippen molar-refractivity contribution in [2.75, 3.05) is 5.32 Å². The zero-order valence-corrected chi connectivity index (χ0v) is 16.7. The summed E-state index contributed by atoms with van der Waals surface area (Å²) in [5.41, 5.74) is 3.01. The van der Waals surface area contributed by atoms with Crippen LogP contribution in [-0.4, -0.2) is 20.5 Å². The van der Waals surface area contributed by atoms with Crippen LogP contribution in [0.2, 0.25) is 0 Å². The number of pyridine rings is 1. The third-order valence-electron chi connectivity index (χ3n) is 4.79. The summed E-state index contributed by atoms with van der Waals surface area (Å²) in [6.45, 7) is 2.39. The maximum Gasteiger partial charge on any atom is 0.269 e. The molecule has 2 aromatic heterocycles. The van der Waals surface area contributed by atoms with E-state index in [4.69, 9.17) is 0 Å². The molecule has 0 amide bonds. The third-order valence-corrected chi connectivity index (χ3v) is 4.79. The fourth-order valence-corrected chi connectivity index (χ4v) is 3.14. The molecule has 2 aromatic carbocycles. The number of nitro groups is 1. The molecule has 0 aliphatic carbocycles. The van der Waals surface area contributed by atoms with Gasteiger partial charge in [-0.2, -0.15) is 0 Å². The molecule has 0 saturated carbocycles. The summed E-state index contributed by atoms with van der Waals surface area (Å²) < 4.78 is 1.49. The molecular weight excluding hydrogens is 394 g/mol. The van der Waals surface area contributed by atoms with Crippen LogP contribution in [0.25, 0.3) is 5.65 Å². The van der Waals surface area contributed by atoms with Crippen LogP contribution in [0.15, 0.2) is 82.7 Å². The van der Waals surface area contributed by atoms with Crippen molar-refractivity contribution in [2.45, 2.75) is 13.5 Å². The molecule has 0 unspecified atom stereocenters. The first-order valence-electron chi connectivity index (χ1n) is 9.61. The highest BCUT2D eigenvalue weighted by Gasteiger charge is 2.13. The Hall–Kier alpha value is -4.33. The molecule has 0 aliphatic rings. The molecule has 4 rings (SSSR count). The van der Waals surface area contributed by atoms with E-state index in [0.29, 0.717) is 29.3 Å². The van der Waals surface area contributed by atoms with Gasteiger partial charge in [-0.3, -0.25) is 24.3 Å². The maximum atomic E-state index is 13.2. The maximum absolute atomic E-state index is 13.2. The first-order valence-corrected chi connectivity index (χ1v) is 9.61. The summed E-state index contributed by atoms with van der Waals surface area (Å²) >= 11 is 0. The molecule has 0 atom stereocenters. The molecule has 0 aliphatic heterocycles. The minimum atomic E-state index is -0.471. The Labute approximate surface area is 177 Å². The number of aryl methyl sites for hydroxylation is 1. The van der Waals surface area contributed by atoms with Crippen molar-refractivity contribution in [3.05, 3.63) is 110 Å². The first-order chi connectivity index (χ1) is 15.0. The fourth-order valence-electron chi connectivity index (χ4n) is 3.14. The number of anilines is 1. The number of nitro benzene ring substituents is 1. The van der Waals surface area contributed by atoms with E-state index >= 15 is 0 Å². The molecule has 1 N–H and O–H groups in total. The largest absolute Gasteiger partial charge is 0.365 e. The van der Waals surface area contributed by atoms with Gasteiger partial charge in [0.25, 0.3) is 11.2 Å². The molecule has 0 radical (unpaired) electrons. The number of nitrogens with one attached hydrogen (secondary N) is 1. The van der Waals surface area contributed by atoms with Crippen molar-refractivity contribution >= 4 is 29.1 Å². The van der Waals surface area contributed by atoms with E-state index in [1.807, 2.05) is 43.3 Å². The van der Waals surface area contributed by atoms with Crippen molar-refractivity contribution in [3.8, 4) is 0 Å². The Morgan fingerprint density at radius 2 is 1.84 bits per heavy atom. The van der Waals surface area contributed by atoms with Gasteiger partial charge < -0.3 is 5.32 Å². The Morgan fingerprint density at radius 1 is 1.10 bits per heavy atom. The molecule has 0 saturated heterocycles. The fraction of sp³-hybridized carbons (Fsp3) is 0.0870. The minimum Gasteiger partial charge on any atom is -0.365 e. The lowest BCUT2D eigenvalue weighted by atomic mass is 10.2. The molecule has 31 heavy (non-hydrogen) atoms. The number of hydrogen-bond acceptors (Lipinski definition) is 6. The predicted octanol–water partition coefficient (Wildman–Crippen LogP) is 4.27. The zero-order chi connectivity index (χ0) is 21.8. The second-order valence-corrected chi connectivity index (χ2v) is 6.93. The van der Waals surface area contributed by atoms with E-state index in [1.165, 1.54) is 34.9 Å². The summed E-state index contributed by atoms with van der Waals surface area (Å²) in [4.78, 5) is 32.6. The van der Waals surface area contributed by atoms with Crippen LogP contribution in [0.3, 0.4) is 0 Å². The van der Waals surface area contributed by atoms with Crippen LogP contribution >= 0.6 is 0 Å². The number of nitrogens with zero attached hydrogens (tertiary/aromatic N) is 4. The van der Waals surface area contributed by atoms with E-state index in [0.717, 1.165) is 11.1 Å². The van der Waals surface area contributed by atoms with Gasteiger partial charge in [0, 0.05) is 31.1 Å². The van der Waals surface area contributed by atoms with Gasteiger partial charge in [-0.05, 0) is 36.2 Å². The highest BCUT2D eigenvalue weighted by Crippen LogP contribution is 2.19. The van der Waals surface area contributed by atoms with Crippen molar-refractivity contribution in [1.82, 2.24) is 9.38 Å². The van der Waals surface area contributed by atoms with Gasteiger partial charge in [0.15, 0.2) is 0 Å². The third kappa shape index (κ3) is 4.32. The quantitative estimate of drug-likeness (QED) is 0.289. The molecule has 8 heteroatoms. The highest BCUT2D eigenvalue weighted by atomic mass is 16.6. The van der Waals surface area contributed by atoms with Crippen LogP contribution in [0.1, 0.15) is 16.7 Å². The standard InChI is InChI=1S/C23H19N5O3/c1-16-6-5-13-27-22(16)26-21(25-14-17-7-3-2-4-8-17)20(23(27)29)15-24-18-9-11-19(12-10-18)28(30)31/h2-13,15,25H,14H2,1H3. The summed E-state index contributed by atoms with van der Waals surface area (Å²) in [7, 11) is 0. The lowest BCUT2D eigenvalue weighted by Gasteiger charge is -2.12. The molecule has 8 nitrogen and oxygen atoms in total. The number of fused-ring (bicyclic) bond motifs is 1. The smallest absolute Gasteiger partial charge is 0.269 e. The van der Waals surface area contributed by atoms with E-state index in [1.54, 1.807) is 12.3 Å². The van der Waals surface area contributed by atoms with Gasteiger partial charge in [-0.25, -0.2) is 4.98 Å². The topological polar surface area (TPSA) is 102 Å². The zero-order valence-electron chi connectivity index (χ0n) is 16.7. The Morgan fingerprint density at radius 3 is 2.55 bits per heavy atom. The number of benzene rings is 2. The van der Waals surface area contributed by atoms with Crippen molar-refractivity contribution in [1.29, 1.82) is 0 Å². The molecule has 2 heterocycles. The van der Waals surface area contributed by atoms with Crippen LogP contribution in [-0.2, 0) is 6.54 Å². The molecule has 0 fully saturated rings. The summed E-state index contributed by atoms with van der Waals surface area (Å²) in [6.07, 6.45) is 3.11. The Balaban J connectivity index is 1.75. The predicted molar refractivity (Wildman–Crippen MR) is 120 cm³/mol. The van der Waals surface area contributed by atoms with Gasteiger partial charge in [0.05, 0.1) is 10.6 Å². The van der Waals surface area contributed by atoms with Gasteiger partial charge >= 0.3 is 0 Å². The van der Waals surface area contributed by atoms with Crippen LogP contribution < -0.4 is 10.9 Å². The van der Waals surface area contributed by atoms with Gasteiger partial charge in [0.2, 0.25) is 0 Å². The van der Waals surface area contributed by atoms with Crippen LogP contribution in [0.4, 0.5) is 17.2 Å². The first kappa shape index (κ1) is 20.0. The van der Waals surface area contributed by atoms with E-state index < -0.39 is 4.92 Å². The normalized spacial score (nSPS) is 11.1. The monoisotopic (exact) mass is 413 g/mol. The number of aliphatic imine (C=N–C) groups is 1. The molecule has 154 valence electrons. The second kappa shape index (κ2) is 8.58. The minimum absolute atomic E-state index is 0.0212. The van der Waals surface area contributed by atoms with Gasteiger partial charge in [-0.15, -0.1) is 0 Å². The summed E-state index contributed by atoms with van der Waals surface area (Å²) in [5.74, 6) is 0.425. The molecular formula is C23H19N5O3. The Kier molecular flexibility index (Phi) is 5.53. The van der Waals surface area contributed by atoms with Gasteiger partial charge in [0.1, 0.15) is 17.0 Å². The van der Waals surface area contributed by atoms with Crippen molar-refractivity contribution in [2.24, 2.45) is 4.99 Å². The number of hydrogen-bond donors (Lipinski definition) is 1. The van der Waals surface area contributed by atoms with Crippen LogP contribution in [0, 0.1) is 17.0 Å². The lowest BCUT2D eigenvalue weighted by molar-refractivity contribution is -0.384. The SMILES string of the molecule is Cc1cccn2c(=O)c(C=Nc3ccc([N+](=O)[O-])cc3)c(NCc3ccccc3)nc12. The average Bonchev–Trinajstić information content (AvgIpc) is 2.79.